The van der Waals surface area contributed by atoms with Crippen LogP contribution in [0.15, 0.2) is 53.4 Å². The minimum Gasteiger partial charge on any atom is -0.241 e. The van der Waals surface area contributed by atoms with E-state index in [9.17, 15) is 21.6 Å². The molecule has 9 heteroatoms. The van der Waals surface area contributed by atoms with Crippen molar-refractivity contribution in [2.24, 2.45) is 0 Å². The molecule has 0 unspecified atom stereocenters. The van der Waals surface area contributed by atoms with E-state index in [1.807, 2.05) is 24.3 Å². The third kappa shape index (κ3) is 3.66. The van der Waals surface area contributed by atoms with Gasteiger partial charge in [-0.05, 0) is 49.2 Å². The van der Waals surface area contributed by atoms with Gasteiger partial charge < -0.3 is 0 Å². The summed E-state index contributed by atoms with van der Waals surface area (Å²) in [4.78, 5) is 4.52. The van der Waals surface area contributed by atoms with Crippen LogP contribution in [0.1, 0.15) is 29.3 Å². The molecule has 1 saturated heterocycles. The second kappa shape index (κ2) is 7.13. The number of piperidine rings is 1. The Morgan fingerprint density at radius 3 is 2.46 bits per heavy atom. The van der Waals surface area contributed by atoms with E-state index in [4.69, 9.17) is 0 Å². The van der Waals surface area contributed by atoms with Gasteiger partial charge >= 0.3 is 6.18 Å². The summed E-state index contributed by atoms with van der Waals surface area (Å²) in [7, 11) is -3.85. The van der Waals surface area contributed by atoms with Crippen molar-refractivity contribution in [1.82, 2.24) is 9.29 Å². The molecular weight excluding hydrogens is 409 g/mol. The average Bonchev–Trinajstić information content (AvgIpc) is 3.12. The largest absolute Gasteiger partial charge is 0.416 e. The lowest BCUT2D eigenvalue weighted by Gasteiger charge is -2.31. The minimum atomic E-state index is -4.49. The second-order valence-corrected chi connectivity index (χ2v) is 9.74. The summed E-state index contributed by atoms with van der Waals surface area (Å²) in [6.45, 7) is 0.633. The Labute approximate surface area is 164 Å². The number of thiazole rings is 1. The Morgan fingerprint density at radius 1 is 1.07 bits per heavy atom. The predicted molar refractivity (Wildman–Crippen MR) is 102 cm³/mol. The van der Waals surface area contributed by atoms with Gasteiger partial charge in [-0.3, -0.25) is 0 Å². The fourth-order valence-corrected chi connectivity index (χ4v) is 6.01. The first-order valence-electron chi connectivity index (χ1n) is 8.78. The Kier molecular flexibility index (Phi) is 4.93. The molecule has 0 spiro atoms. The second-order valence-electron chi connectivity index (χ2n) is 6.74. The molecule has 1 fully saturated rings. The summed E-state index contributed by atoms with van der Waals surface area (Å²) in [5.74, 6) is -0.0182. The van der Waals surface area contributed by atoms with Crippen LogP contribution in [0.2, 0.25) is 0 Å². The average molecular weight is 426 g/mol. The fourth-order valence-electron chi connectivity index (χ4n) is 3.39. The Balaban J connectivity index is 1.58. The normalized spacial score (nSPS) is 19.2. The van der Waals surface area contributed by atoms with E-state index < -0.39 is 21.8 Å². The van der Waals surface area contributed by atoms with Crippen LogP contribution in [-0.2, 0) is 16.2 Å². The van der Waals surface area contributed by atoms with E-state index in [0.717, 1.165) is 45.9 Å². The van der Waals surface area contributed by atoms with Crippen LogP contribution >= 0.6 is 11.3 Å². The molecule has 28 heavy (non-hydrogen) atoms. The lowest BCUT2D eigenvalue weighted by atomic mass is 10.0. The summed E-state index contributed by atoms with van der Waals surface area (Å²) in [5.41, 5.74) is 0.0302. The molecule has 1 aliphatic rings. The van der Waals surface area contributed by atoms with Crippen LogP contribution in [-0.4, -0.2) is 30.8 Å². The molecule has 2 aromatic carbocycles. The number of benzene rings is 2. The number of rotatable bonds is 3. The van der Waals surface area contributed by atoms with Crippen LogP contribution in [0, 0.1) is 0 Å². The summed E-state index contributed by atoms with van der Waals surface area (Å²) in [6.07, 6.45) is -2.98. The Hall–Kier alpha value is -1.97. The molecular formula is C19H17F3N2O2S2. The number of hydrogen-bond donors (Lipinski definition) is 0. The van der Waals surface area contributed by atoms with Crippen molar-refractivity contribution >= 4 is 31.6 Å². The maximum Gasteiger partial charge on any atom is 0.416 e. The van der Waals surface area contributed by atoms with Crippen molar-refractivity contribution < 1.29 is 21.6 Å². The van der Waals surface area contributed by atoms with Gasteiger partial charge in [0.05, 0.1) is 25.7 Å². The SMILES string of the molecule is O=S(=O)(c1ccc(C(F)(F)F)cc1)N1CCC[C@@H](c2nc3ccccc3s2)C1. The van der Waals surface area contributed by atoms with Crippen LogP contribution in [0.3, 0.4) is 0 Å². The van der Waals surface area contributed by atoms with Crippen molar-refractivity contribution in [3.63, 3.8) is 0 Å². The third-order valence-electron chi connectivity index (χ3n) is 4.86. The summed E-state index contributed by atoms with van der Waals surface area (Å²) in [5, 5.41) is 0.897. The summed E-state index contributed by atoms with van der Waals surface area (Å²) >= 11 is 1.56. The number of hydrogen-bond acceptors (Lipinski definition) is 4. The maximum absolute atomic E-state index is 12.9. The number of aromatic nitrogens is 1. The zero-order valence-electron chi connectivity index (χ0n) is 14.7. The summed E-state index contributed by atoms with van der Waals surface area (Å²) < 4.78 is 66.5. The molecule has 1 aromatic heterocycles. The van der Waals surface area contributed by atoms with E-state index >= 15 is 0 Å². The molecule has 2 heterocycles. The highest BCUT2D eigenvalue weighted by molar-refractivity contribution is 7.89. The number of para-hydroxylation sites is 1. The predicted octanol–water partition coefficient (Wildman–Crippen LogP) is 4.88. The number of alkyl halides is 3. The smallest absolute Gasteiger partial charge is 0.241 e. The zero-order chi connectivity index (χ0) is 19.9. The highest BCUT2D eigenvalue weighted by Crippen LogP contribution is 2.35. The van der Waals surface area contributed by atoms with Gasteiger partial charge in [-0.1, -0.05) is 12.1 Å². The van der Waals surface area contributed by atoms with Gasteiger partial charge in [0, 0.05) is 19.0 Å². The van der Waals surface area contributed by atoms with Gasteiger partial charge in [0.1, 0.15) is 0 Å². The van der Waals surface area contributed by atoms with Crippen LogP contribution in [0.5, 0.6) is 0 Å². The molecule has 4 nitrogen and oxygen atoms in total. The molecule has 0 aliphatic carbocycles. The van der Waals surface area contributed by atoms with Gasteiger partial charge in [-0.15, -0.1) is 11.3 Å². The molecule has 0 saturated carbocycles. The lowest BCUT2D eigenvalue weighted by Crippen LogP contribution is -2.39. The van der Waals surface area contributed by atoms with Gasteiger partial charge in [0.15, 0.2) is 0 Å². The molecule has 4 rings (SSSR count). The van der Waals surface area contributed by atoms with Gasteiger partial charge in [0.25, 0.3) is 0 Å². The van der Waals surface area contributed by atoms with Crippen molar-refractivity contribution in [2.75, 3.05) is 13.1 Å². The monoisotopic (exact) mass is 426 g/mol. The van der Waals surface area contributed by atoms with Crippen molar-refractivity contribution in [2.45, 2.75) is 29.8 Å². The molecule has 0 radical (unpaired) electrons. The third-order valence-corrected chi connectivity index (χ3v) is 7.94. The van der Waals surface area contributed by atoms with Crippen LogP contribution in [0.4, 0.5) is 13.2 Å². The zero-order valence-corrected chi connectivity index (χ0v) is 16.3. The Bertz CT molecular complexity index is 1060. The van der Waals surface area contributed by atoms with E-state index in [2.05, 4.69) is 4.98 Å². The lowest BCUT2D eigenvalue weighted by molar-refractivity contribution is -0.137. The quantitative estimate of drug-likeness (QED) is 0.600. The number of halogens is 3. The maximum atomic E-state index is 12.9. The summed E-state index contributed by atoms with van der Waals surface area (Å²) in [6, 6.07) is 11.4. The first-order valence-corrected chi connectivity index (χ1v) is 11.0. The first kappa shape index (κ1) is 19.4. The minimum absolute atomic E-state index is 0.0182. The molecule has 1 atom stereocenters. The Morgan fingerprint density at radius 2 is 1.79 bits per heavy atom. The standard InChI is InChI=1S/C19H17F3N2O2S2/c20-19(21,22)14-7-9-15(10-8-14)28(25,26)24-11-3-4-13(12-24)18-23-16-5-1-2-6-17(16)27-18/h1-2,5-10,13H,3-4,11-12H2/t13-/m1/s1. The van der Waals surface area contributed by atoms with E-state index in [1.165, 1.54) is 4.31 Å². The molecule has 0 N–H and O–H groups in total. The van der Waals surface area contributed by atoms with Crippen molar-refractivity contribution in [3.05, 3.63) is 59.1 Å². The molecule has 1 aliphatic heterocycles. The van der Waals surface area contributed by atoms with Crippen LogP contribution in [0.25, 0.3) is 10.2 Å². The van der Waals surface area contributed by atoms with Gasteiger partial charge in [-0.25, -0.2) is 13.4 Å². The van der Waals surface area contributed by atoms with Crippen molar-refractivity contribution in [3.8, 4) is 0 Å². The van der Waals surface area contributed by atoms with E-state index in [-0.39, 0.29) is 17.4 Å². The molecule has 0 amide bonds. The molecule has 3 aromatic rings. The molecule has 148 valence electrons. The first-order chi connectivity index (χ1) is 13.2. The van der Waals surface area contributed by atoms with Gasteiger partial charge in [-0.2, -0.15) is 17.5 Å². The molecule has 0 bridgehead atoms. The highest BCUT2D eigenvalue weighted by Gasteiger charge is 2.34. The number of fused-ring (bicyclic) bond motifs is 1. The van der Waals surface area contributed by atoms with Gasteiger partial charge in [0.2, 0.25) is 10.0 Å². The van der Waals surface area contributed by atoms with E-state index in [1.54, 1.807) is 11.3 Å². The fraction of sp³-hybridized carbons (Fsp3) is 0.316. The highest BCUT2D eigenvalue weighted by atomic mass is 32.2. The number of sulfonamides is 1. The van der Waals surface area contributed by atoms with Crippen molar-refractivity contribution in [1.29, 1.82) is 0 Å². The topological polar surface area (TPSA) is 50.3 Å². The number of nitrogens with zero attached hydrogens (tertiary/aromatic N) is 2. The van der Waals surface area contributed by atoms with Crippen LogP contribution < -0.4 is 0 Å². The van der Waals surface area contributed by atoms with E-state index in [0.29, 0.717) is 13.0 Å².